The van der Waals surface area contributed by atoms with E-state index in [4.69, 9.17) is 23.7 Å². The van der Waals surface area contributed by atoms with Gasteiger partial charge in [0.2, 0.25) is 5.78 Å². The SMILES string of the molecule is COc1cc2c(cc1OC)C1C(=O)c3ccc4c(c3OC1CO2)CC(C(C)C)O4.Cc1cc(O)c2c(c1)C(=O)c1cccc(O)c1C2=O. The van der Waals surface area contributed by atoms with E-state index in [1.165, 1.54) is 24.3 Å². The lowest BCUT2D eigenvalue weighted by atomic mass is 9.81. The van der Waals surface area contributed by atoms with E-state index in [0.717, 1.165) is 23.3 Å². The molecule has 8 rings (SSSR count). The molecule has 0 bridgehead atoms. The molecular weight excluding hydrogens is 616 g/mol. The summed E-state index contributed by atoms with van der Waals surface area (Å²) in [5.41, 5.74) is 3.34. The van der Waals surface area contributed by atoms with Gasteiger partial charge < -0.3 is 33.9 Å². The molecule has 10 nitrogen and oxygen atoms in total. The van der Waals surface area contributed by atoms with Gasteiger partial charge in [0.25, 0.3) is 0 Å². The van der Waals surface area contributed by atoms with Gasteiger partial charge in [0, 0.05) is 34.7 Å². The highest BCUT2D eigenvalue weighted by Gasteiger charge is 2.45. The first-order valence-corrected chi connectivity index (χ1v) is 15.7. The number of carbonyl (C=O) groups is 3. The number of fused-ring (bicyclic) bond motifs is 8. The molecule has 3 unspecified atom stereocenters. The number of aromatic hydroxyl groups is 2. The molecule has 4 aromatic rings. The van der Waals surface area contributed by atoms with Crippen LogP contribution in [0.3, 0.4) is 0 Å². The van der Waals surface area contributed by atoms with Crippen LogP contribution in [0.5, 0.6) is 40.2 Å². The number of hydrogen-bond donors (Lipinski definition) is 2. The summed E-state index contributed by atoms with van der Waals surface area (Å²) in [6, 6.07) is 14.7. The Kier molecular flexibility index (Phi) is 7.53. The fraction of sp³-hybridized carbons (Fsp3) is 0.289. The van der Waals surface area contributed by atoms with Crippen LogP contribution in [0, 0.1) is 12.8 Å². The second-order valence-electron chi connectivity index (χ2n) is 12.6. The Bertz CT molecular complexity index is 2030. The number of ketones is 3. The van der Waals surface area contributed by atoms with Crippen LogP contribution in [-0.2, 0) is 6.42 Å². The van der Waals surface area contributed by atoms with Gasteiger partial charge in [0.15, 0.2) is 23.1 Å². The van der Waals surface area contributed by atoms with E-state index in [2.05, 4.69) is 13.8 Å². The number of hydrogen-bond acceptors (Lipinski definition) is 10. The molecule has 3 atom stereocenters. The van der Waals surface area contributed by atoms with Gasteiger partial charge in [-0.2, -0.15) is 0 Å². The highest BCUT2D eigenvalue weighted by molar-refractivity contribution is 6.30. The number of phenolic OH excluding ortho intramolecular Hbond substituents is 2. The zero-order valence-corrected chi connectivity index (χ0v) is 27.1. The Labute approximate surface area is 276 Å². The van der Waals surface area contributed by atoms with Gasteiger partial charge >= 0.3 is 0 Å². The van der Waals surface area contributed by atoms with Crippen molar-refractivity contribution in [3.05, 3.63) is 99.1 Å². The molecule has 0 fully saturated rings. The van der Waals surface area contributed by atoms with Crippen molar-refractivity contribution in [1.82, 2.24) is 0 Å². The van der Waals surface area contributed by atoms with Crippen LogP contribution >= 0.6 is 0 Å². The van der Waals surface area contributed by atoms with Crippen LogP contribution in [0.4, 0.5) is 0 Å². The number of benzene rings is 4. The summed E-state index contributed by atoms with van der Waals surface area (Å²) in [4.78, 5) is 38.2. The van der Waals surface area contributed by atoms with Gasteiger partial charge in [-0.3, -0.25) is 14.4 Å². The molecule has 2 N–H and O–H groups in total. The molecule has 0 aromatic heterocycles. The largest absolute Gasteiger partial charge is 0.507 e. The molecule has 0 amide bonds. The van der Waals surface area contributed by atoms with E-state index >= 15 is 0 Å². The number of carbonyl (C=O) groups excluding carboxylic acids is 3. The van der Waals surface area contributed by atoms with Crippen LogP contribution in [0.1, 0.15) is 78.7 Å². The fourth-order valence-electron chi connectivity index (χ4n) is 6.89. The molecular formula is C38H34O10. The van der Waals surface area contributed by atoms with Gasteiger partial charge in [-0.25, -0.2) is 0 Å². The fourth-order valence-corrected chi connectivity index (χ4v) is 6.89. The second-order valence-corrected chi connectivity index (χ2v) is 12.6. The Balaban J connectivity index is 0.000000166. The van der Waals surface area contributed by atoms with Crippen molar-refractivity contribution in [2.45, 2.75) is 45.3 Å². The van der Waals surface area contributed by atoms with E-state index in [9.17, 15) is 24.6 Å². The van der Waals surface area contributed by atoms with E-state index in [-0.39, 0.29) is 57.5 Å². The summed E-state index contributed by atoms with van der Waals surface area (Å²) >= 11 is 0. The average molecular weight is 651 g/mol. The number of methoxy groups -OCH3 is 2. The lowest BCUT2D eigenvalue weighted by molar-refractivity contribution is 0.0554. The molecule has 48 heavy (non-hydrogen) atoms. The van der Waals surface area contributed by atoms with Crippen molar-refractivity contribution in [3.8, 4) is 40.2 Å². The number of rotatable bonds is 3. The molecule has 10 heteroatoms. The van der Waals surface area contributed by atoms with Gasteiger partial charge in [-0.05, 0) is 54.8 Å². The van der Waals surface area contributed by atoms with Gasteiger partial charge in [0.1, 0.15) is 47.6 Å². The van der Waals surface area contributed by atoms with Crippen molar-refractivity contribution in [1.29, 1.82) is 0 Å². The molecule has 0 saturated carbocycles. The normalized spacial score (nSPS) is 19.5. The third-order valence-corrected chi connectivity index (χ3v) is 9.34. The number of ether oxygens (including phenoxy) is 5. The highest BCUT2D eigenvalue weighted by atomic mass is 16.5. The number of aryl methyl sites for hydroxylation is 1. The predicted octanol–water partition coefficient (Wildman–Crippen LogP) is 5.96. The number of phenols is 2. The first-order chi connectivity index (χ1) is 23.0. The standard InChI is InChI=1S/C23H24O6.C15H10O4/c1-11(2)16-8-14-15(28-16)6-5-12-22(24)21-13-7-18(25-3)19(26-4)9-17(13)27-10-20(21)29-23(12)14;1-7-5-9-13(11(17)6-7)15(19)12-8(14(9)18)3-2-4-10(12)16/h5-7,9,11,16,20-21H,8,10H2,1-4H3;2-6,16-17H,1H3. The molecule has 4 aromatic carbocycles. The molecule has 3 aliphatic heterocycles. The molecule has 3 heterocycles. The first-order valence-electron chi connectivity index (χ1n) is 15.7. The lowest BCUT2D eigenvalue weighted by Crippen LogP contribution is -2.43. The summed E-state index contributed by atoms with van der Waals surface area (Å²) in [7, 11) is 3.16. The maximum atomic E-state index is 13.5. The Morgan fingerprint density at radius 3 is 2.25 bits per heavy atom. The summed E-state index contributed by atoms with van der Waals surface area (Å²) in [5.74, 6) is 1.87. The molecule has 1 aliphatic carbocycles. The highest BCUT2D eigenvalue weighted by Crippen LogP contribution is 2.50. The summed E-state index contributed by atoms with van der Waals surface area (Å²) in [5, 5.41) is 19.6. The Hall–Kier alpha value is -5.51. The second kappa shape index (κ2) is 11.6. The average Bonchev–Trinajstić information content (AvgIpc) is 3.52. The third-order valence-electron chi connectivity index (χ3n) is 9.34. The van der Waals surface area contributed by atoms with Crippen molar-refractivity contribution in [3.63, 3.8) is 0 Å². The topological polar surface area (TPSA) is 138 Å². The molecule has 4 aliphatic rings. The third kappa shape index (κ3) is 4.82. The Morgan fingerprint density at radius 2 is 1.52 bits per heavy atom. The van der Waals surface area contributed by atoms with Gasteiger partial charge in [-0.1, -0.05) is 26.0 Å². The van der Waals surface area contributed by atoms with Crippen molar-refractivity contribution < 1.29 is 48.3 Å². The predicted molar refractivity (Wildman–Crippen MR) is 174 cm³/mol. The van der Waals surface area contributed by atoms with Gasteiger partial charge in [-0.15, -0.1) is 0 Å². The first kappa shape index (κ1) is 31.1. The molecule has 0 radical (unpaired) electrons. The molecule has 0 spiro atoms. The summed E-state index contributed by atoms with van der Waals surface area (Å²) in [6.07, 6.45) is 0.474. The van der Waals surface area contributed by atoms with Crippen LogP contribution < -0.4 is 23.7 Å². The molecule has 0 saturated heterocycles. The quantitative estimate of drug-likeness (QED) is 0.240. The van der Waals surface area contributed by atoms with Gasteiger partial charge in [0.05, 0.1) is 36.8 Å². The van der Waals surface area contributed by atoms with Crippen molar-refractivity contribution >= 4 is 17.3 Å². The minimum atomic E-state index is -0.528. The smallest absolute Gasteiger partial charge is 0.201 e. The minimum absolute atomic E-state index is 0.0374. The van der Waals surface area contributed by atoms with E-state index < -0.39 is 11.7 Å². The Morgan fingerprint density at radius 1 is 0.792 bits per heavy atom. The maximum Gasteiger partial charge on any atom is 0.201 e. The zero-order valence-electron chi connectivity index (χ0n) is 27.1. The lowest BCUT2D eigenvalue weighted by Gasteiger charge is -2.37. The van der Waals surface area contributed by atoms with Crippen LogP contribution in [0.15, 0.2) is 54.6 Å². The van der Waals surface area contributed by atoms with E-state index in [1.807, 2.05) is 18.2 Å². The van der Waals surface area contributed by atoms with Crippen LogP contribution in [0.25, 0.3) is 0 Å². The maximum absolute atomic E-state index is 13.5. The zero-order chi connectivity index (χ0) is 34.0. The molecule has 246 valence electrons. The number of Topliss-reactive ketones (excluding diaryl/α,β-unsaturated/α-hetero) is 1. The monoisotopic (exact) mass is 650 g/mol. The summed E-state index contributed by atoms with van der Waals surface area (Å²) in [6.45, 7) is 6.31. The van der Waals surface area contributed by atoms with Crippen LogP contribution in [-0.4, -0.2) is 60.6 Å². The van der Waals surface area contributed by atoms with Crippen molar-refractivity contribution in [2.24, 2.45) is 5.92 Å². The summed E-state index contributed by atoms with van der Waals surface area (Å²) < 4.78 is 29.2. The van der Waals surface area contributed by atoms with E-state index in [1.54, 1.807) is 33.3 Å². The minimum Gasteiger partial charge on any atom is -0.507 e. The van der Waals surface area contributed by atoms with E-state index in [0.29, 0.717) is 46.6 Å². The van der Waals surface area contributed by atoms with Crippen molar-refractivity contribution in [2.75, 3.05) is 20.8 Å². The van der Waals surface area contributed by atoms with Crippen LogP contribution in [0.2, 0.25) is 0 Å².